The zero-order chi connectivity index (χ0) is 25.2. The minimum Gasteiger partial charge on any atom is -0.457 e. The molecule has 0 N–H and O–H groups in total. The third-order valence-corrected chi connectivity index (χ3v) is 6.49. The summed E-state index contributed by atoms with van der Waals surface area (Å²) in [5.74, 6) is 1.11. The summed E-state index contributed by atoms with van der Waals surface area (Å²) < 4.78 is 48.3. The van der Waals surface area contributed by atoms with Crippen LogP contribution in [0.25, 0.3) is 16.1 Å². The molecule has 0 aliphatic carbocycles. The number of hydrogen-bond acceptors (Lipinski definition) is 4. The molecule has 35 heavy (non-hydrogen) atoms. The number of aromatic nitrogens is 2. The Morgan fingerprint density at radius 3 is 2.34 bits per heavy atom. The van der Waals surface area contributed by atoms with E-state index in [1.165, 1.54) is 15.9 Å². The van der Waals surface area contributed by atoms with Crippen LogP contribution in [-0.2, 0) is 19.1 Å². The number of aryl methyl sites for hydroxylation is 2. The molecule has 0 bridgehead atoms. The van der Waals surface area contributed by atoms with Crippen LogP contribution in [0.5, 0.6) is 11.5 Å². The number of pyridine rings is 1. The zero-order valence-corrected chi connectivity index (χ0v) is 19.7. The summed E-state index contributed by atoms with van der Waals surface area (Å²) in [7, 11) is 0. The molecule has 0 radical (unpaired) electrons. The third kappa shape index (κ3) is 5.12. The van der Waals surface area contributed by atoms with E-state index in [0.29, 0.717) is 29.2 Å². The van der Waals surface area contributed by atoms with Crippen molar-refractivity contribution in [2.45, 2.75) is 33.0 Å². The number of alkyl halides is 3. The lowest BCUT2D eigenvalue weighted by Crippen LogP contribution is -2.25. The molecule has 0 amide bonds. The first kappa shape index (κ1) is 24.2. The quantitative estimate of drug-likeness (QED) is 0.265. The van der Waals surface area contributed by atoms with Crippen LogP contribution >= 0.6 is 11.3 Å². The van der Waals surface area contributed by atoms with E-state index in [0.717, 1.165) is 16.0 Å². The second-order valence-corrected chi connectivity index (χ2v) is 8.98. The van der Waals surface area contributed by atoms with Gasteiger partial charge in [-0.15, -0.1) is 11.3 Å². The molecule has 0 aliphatic rings. The van der Waals surface area contributed by atoms with Crippen molar-refractivity contribution < 1.29 is 17.9 Å². The van der Waals surface area contributed by atoms with Crippen LogP contribution in [0.1, 0.15) is 28.1 Å². The van der Waals surface area contributed by atoms with Crippen molar-refractivity contribution in [1.82, 2.24) is 9.55 Å². The first-order chi connectivity index (χ1) is 16.7. The molecule has 5 nitrogen and oxygen atoms in total. The smallest absolute Gasteiger partial charge is 0.407 e. The van der Waals surface area contributed by atoms with Gasteiger partial charge in [0, 0.05) is 10.6 Å². The predicted molar refractivity (Wildman–Crippen MR) is 129 cm³/mol. The molecule has 2 heterocycles. The Morgan fingerprint density at radius 2 is 1.74 bits per heavy atom. The summed E-state index contributed by atoms with van der Waals surface area (Å²) >= 11 is 1.48. The maximum absolute atomic E-state index is 13.8. The van der Waals surface area contributed by atoms with Crippen LogP contribution in [0, 0.1) is 13.5 Å². The van der Waals surface area contributed by atoms with E-state index < -0.39 is 23.0 Å². The summed E-state index contributed by atoms with van der Waals surface area (Å²) in [6.07, 6.45) is -4.18. The van der Waals surface area contributed by atoms with E-state index in [9.17, 15) is 18.0 Å². The number of para-hydroxylation sites is 1. The van der Waals surface area contributed by atoms with E-state index in [1.807, 2.05) is 32.0 Å². The van der Waals surface area contributed by atoms with Gasteiger partial charge >= 0.3 is 6.18 Å². The molecule has 178 valence electrons. The van der Waals surface area contributed by atoms with Crippen molar-refractivity contribution in [2.24, 2.45) is 0 Å². The van der Waals surface area contributed by atoms with Crippen LogP contribution in [-0.4, -0.2) is 9.55 Å². The second kappa shape index (κ2) is 9.76. The molecular weight excluding hydrogens is 475 g/mol. The summed E-state index contributed by atoms with van der Waals surface area (Å²) in [5, 5.41) is 0.797. The average molecular weight is 496 g/mol. The number of nitrogens with zero attached hydrogens (tertiary/aromatic N) is 3. The molecule has 0 saturated heterocycles. The lowest BCUT2D eigenvalue weighted by Gasteiger charge is -2.18. The van der Waals surface area contributed by atoms with Crippen LogP contribution < -0.4 is 10.3 Å². The SMILES string of the molecule is [C-]#[N+]c1c(C(F)(F)F)cc(-c2ccc(Oc3ccccc3)cc2)n(Cc2nc(C)sc2CC)c1=O. The zero-order valence-electron chi connectivity index (χ0n) is 18.9. The molecule has 0 fully saturated rings. The minimum atomic E-state index is -4.85. The summed E-state index contributed by atoms with van der Waals surface area (Å²) in [6, 6.07) is 16.4. The van der Waals surface area contributed by atoms with Crippen molar-refractivity contribution in [3.63, 3.8) is 0 Å². The van der Waals surface area contributed by atoms with Crippen LogP contribution in [0.15, 0.2) is 65.5 Å². The van der Waals surface area contributed by atoms with Gasteiger partial charge in [0.25, 0.3) is 11.2 Å². The standard InChI is InChI=1S/C26H20F3N3O2S/c1-4-23-21(31-16(2)35-23)15-32-22(14-20(26(27,28)29)24(30-3)25(32)33)17-10-12-19(13-11-17)34-18-8-6-5-7-9-18/h5-14H,4,15H2,1-2H3. The number of halogens is 3. The van der Waals surface area contributed by atoms with Gasteiger partial charge in [-0.25, -0.2) is 9.83 Å². The molecule has 2 aromatic heterocycles. The van der Waals surface area contributed by atoms with Gasteiger partial charge in [-0.1, -0.05) is 25.1 Å². The van der Waals surface area contributed by atoms with Crippen molar-refractivity contribution in [3.05, 3.63) is 104 Å². The van der Waals surface area contributed by atoms with E-state index >= 15 is 0 Å². The van der Waals surface area contributed by atoms with Crippen molar-refractivity contribution in [1.29, 1.82) is 0 Å². The van der Waals surface area contributed by atoms with Crippen LogP contribution in [0.2, 0.25) is 0 Å². The molecular formula is C26H20F3N3O2S. The van der Waals surface area contributed by atoms with Gasteiger partial charge in [0.05, 0.1) is 29.4 Å². The van der Waals surface area contributed by atoms with Crippen molar-refractivity contribution in [2.75, 3.05) is 0 Å². The molecule has 0 aliphatic heterocycles. The lowest BCUT2D eigenvalue weighted by molar-refractivity contribution is -0.136. The van der Waals surface area contributed by atoms with Gasteiger partial charge in [0.15, 0.2) is 0 Å². The molecule has 4 aromatic rings. The van der Waals surface area contributed by atoms with Gasteiger partial charge < -0.3 is 9.30 Å². The maximum Gasteiger partial charge on any atom is 0.407 e. The molecule has 9 heteroatoms. The van der Waals surface area contributed by atoms with E-state index in [1.54, 1.807) is 36.4 Å². The van der Waals surface area contributed by atoms with Crippen molar-refractivity contribution in [3.8, 4) is 22.8 Å². The fraction of sp³-hybridized carbons (Fsp3) is 0.192. The first-order valence-corrected chi connectivity index (χ1v) is 11.5. The Kier molecular flexibility index (Phi) is 6.76. The van der Waals surface area contributed by atoms with E-state index in [4.69, 9.17) is 11.3 Å². The van der Waals surface area contributed by atoms with Crippen LogP contribution in [0.4, 0.5) is 18.9 Å². The summed E-state index contributed by atoms with van der Waals surface area (Å²) in [6.45, 7) is 11.0. The topological polar surface area (TPSA) is 48.5 Å². The van der Waals surface area contributed by atoms with Gasteiger partial charge in [-0.3, -0.25) is 4.79 Å². The Balaban J connectivity index is 1.85. The molecule has 0 saturated carbocycles. The molecule has 4 rings (SSSR count). The molecule has 0 spiro atoms. The largest absolute Gasteiger partial charge is 0.457 e. The van der Waals surface area contributed by atoms with Gasteiger partial charge in [0.2, 0.25) is 0 Å². The minimum absolute atomic E-state index is 0.0371. The highest BCUT2D eigenvalue weighted by molar-refractivity contribution is 7.11. The summed E-state index contributed by atoms with van der Waals surface area (Å²) in [5.41, 5.74) is -2.16. The Labute approximate surface area is 203 Å². The fourth-order valence-corrected chi connectivity index (χ4v) is 4.62. The van der Waals surface area contributed by atoms with Gasteiger partial charge in [-0.05, 0) is 61.4 Å². The summed E-state index contributed by atoms with van der Waals surface area (Å²) in [4.78, 5) is 21.5. The Morgan fingerprint density at radius 1 is 1.09 bits per heavy atom. The normalized spacial score (nSPS) is 11.3. The molecule has 0 unspecified atom stereocenters. The van der Waals surface area contributed by atoms with E-state index in [2.05, 4.69) is 9.83 Å². The van der Waals surface area contributed by atoms with Gasteiger partial charge in [-0.2, -0.15) is 13.2 Å². The number of thiazole rings is 1. The first-order valence-electron chi connectivity index (χ1n) is 10.7. The molecule has 0 atom stereocenters. The highest BCUT2D eigenvalue weighted by Crippen LogP contribution is 2.38. The second-order valence-electron chi connectivity index (χ2n) is 7.69. The monoisotopic (exact) mass is 495 g/mol. The Hall–Kier alpha value is -3.90. The number of ether oxygens (including phenoxy) is 1. The average Bonchev–Trinajstić information content (AvgIpc) is 3.19. The lowest BCUT2D eigenvalue weighted by atomic mass is 10.1. The highest BCUT2D eigenvalue weighted by Gasteiger charge is 2.36. The number of hydrogen-bond donors (Lipinski definition) is 0. The van der Waals surface area contributed by atoms with Crippen molar-refractivity contribution >= 4 is 17.0 Å². The Bertz CT molecular complexity index is 1450. The highest BCUT2D eigenvalue weighted by atomic mass is 32.1. The number of rotatable bonds is 6. The molecule has 2 aromatic carbocycles. The van der Waals surface area contributed by atoms with Crippen LogP contribution in [0.3, 0.4) is 0 Å². The van der Waals surface area contributed by atoms with E-state index in [-0.39, 0.29) is 12.2 Å². The van der Waals surface area contributed by atoms with Gasteiger partial charge in [0.1, 0.15) is 11.5 Å². The fourth-order valence-electron chi connectivity index (χ4n) is 3.74. The predicted octanol–water partition coefficient (Wildman–Crippen LogP) is 7.25. The third-order valence-electron chi connectivity index (χ3n) is 5.34. The number of benzene rings is 2. The maximum atomic E-state index is 13.8.